The van der Waals surface area contributed by atoms with Crippen molar-refractivity contribution in [3.05, 3.63) is 65.0 Å². The monoisotopic (exact) mass is 317 g/mol. The van der Waals surface area contributed by atoms with Gasteiger partial charge in [-0.05, 0) is 55.0 Å². The largest absolute Gasteiger partial charge is 0.492 e. The van der Waals surface area contributed by atoms with Crippen LogP contribution >= 0.6 is 0 Å². The molecule has 2 aromatic carbocycles. The molecule has 0 atom stereocenters. The average molecular weight is 317 g/mol. The number of rotatable bonds is 6. The van der Waals surface area contributed by atoms with Gasteiger partial charge in [0.05, 0.1) is 12.1 Å². The van der Waals surface area contributed by atoms with Gasteiger partial charge in [0, 0.05) is 5.56 Å². The van der Waals surface area contributed by atoms with Gasteiger partial charge in [-0.3, -0.25) is 4.79 Å². The molecule has 0 aliphatic rings. The molecule has 0 aromatic heterocycles. The molecule has 0 heterocycles. The van der Waals surface area contributed by atoms with E-state index in [2.05, 4.69) is 5.32 Å². The Morgan fingerprint density at radius 1 is 1.17 bits per heavy atom. The lowest BCUT2D eigenvalue weighted by Crippen LogP contribution is -2.28. The number of hydrogen-bond acceptors (Lipinski definition) is 3. The van der Waals surface area contributed by atoms with E-state index in [0.29, 0.717) is 16.9 Å². The van der Waals surface area contributed by atoms with E-state index in [9.17, 15) is 14.0 Å². The van der Waals surface area contributed by atoms with Crippen molar-refractivity contribution in [3.8, 4) is 5.75 Å². The predicted octanol–water partition coefficient (Wildman–Crippen LogP) is 2.64. The minimum atomic E-state index is -1.00. The highest BCUT2D eigenvalue weighted by molar-refractivity contribution is 5.95. The Morgan fingerprint density at radius 3 is 2.48 bits per heavy atom. The van der Waals surface area contributed by atoms with Gasteiger partial charge in [-0.15, -0.1) is 0 Å². The van der Waals surface area contributed by atoms with E-state index in [0.717, 1.165) is 0 Å². The number of carboxylic acid groups (broad SMARTS) is 1. The van der Waals surface area contributed by atoms with Gasteiger partial charge in [-0.25, -0.2) is 9.18 Å². The summed E-state index contributed by atoms with van der Waals surface area (Å²) in [6, 6.07) is 9.96. The molecule has 120 valence electrons. The molecule has 6 heteroatoms. The van der Waals surface area contributed by atoms with Gasteiger partial charge in [0.1, 0.15) is 18.2 Å². The zero-order chi connectivity index (χ0) is 16.8. The molecule has 0 aliphatic heterocycles. The molecule has 1 amide bonds. The number of benzene rings is 2. The Bertz CT molecular complexity index is 713. The number of ether oxygens (including phenoxy) is 1. The molecule has 0 aliphatic carbocycles. The van der Waals surface area contributed by atoms with Crippen LogP contribution in [0.5, 0.6) is 5.75 Å². The van der Waals surface area contributed by atoms with Gasteiger partial charge in [0.15, 0.2) is 0 Å². The van der Waals surface area contributed by atoms with Gasteiger partial charge in [0.25, 0.3) is 5.91 Å². The van der Waals surface area contributed by atoms with E-state index in [-0.39, 0.29) is 30.4 Å². The number of carbonyl (C=O) groups is 2. The van der Waals surface area contributed by atoms with E-state index in [1.807, 2.05) is 0 Å². The summed E-state index contributed by atoms with van der Waals surface area (Å²) in [5.74, 6) is -1.17. The maximum absolute atomic E-state index is 13.0. The van der Waals surface area contributed by atoms with E-state index >= 15 is 0 Å². The van der Waals surface area contributed by atoms with Gasteiger partial charge < -0.3 is 15.2 Å². The second-order valence-corrected chi connectivity index (χ2v) is 4.89. The maximum Gasteiger partial charge on any atom is 0.335 e. The molecule has 0 saturated carbocycles. The molecular formula is C17H16FNO4. The smallest absolute Gasteiger partial charge is 0.335 e. The summed E-state index contributed by atoms with van der Waals surface area (Å²) in [7, 11) is 0. The molecule has 0 unspecified atom stereocenters. The molecular weight excluding hydrogens is 301 g/mol. The van der Waals surface area contributed by atoms with Crippen LogP contribution in [0.25, 0.3) is 0 Å². The fourth-order valence-corrected chi connectivity index (χ4v) is 2.00. The molecule has 0 spiro atoms. The standard InChI is InChI=1S/C17H16FNO4/c1-11-10-13(18)4-7-15(11)16(20)19-8-9-23-14-5-2-12(3-6-14)17(21)22/h2-7,10H,8-9H2,1H3,(H,19,20)(H,21,22). The van der Waals surface area contributed by atoms with Crippen LogP contribution in [0.1, 0.15) is 26.3 Å². The highest BCUT2D eigenvalue weighted by atomic mass is 19.1. The summed E-state index contributed by atoms with van der Waals surface area (Å²) < 4.78 is 18.4. The first-order chi connectivity index (χ1) is 11.0. The molecule has 2 N–H and O–H groups in total. The zero-order valence-corrected chi connectivity index (χ0v) is 12.5. The molecule has 0 fully saturated rings. The Balaban J connectivity index is 1.80. The van der Waals surface area contributed by atoms with Crippen LogP contribution in [-0.4, -0.2) is 30.1 Å². The van der Waals surface area contributed by atoms with Gasteiger partial charge in [0.2, 0.25) is 0 Å². The first-order valence-electron chi connectivity index (χ1n) is 6.98. The van der Waals surface area contributed by atoms with Gasteiger partial charge >= 0.3 is 5.97 Å². The molecule has 0 bridgehead atoms. The SMILES string of the molecule is Cc1cc(F)ccc1C(=O)NCCOc1ccc(C(=O)O)cc1. The Labute approximate surface area is 132 Å². The lowest BCUT2D eigenvalue weighted by Gasteiger charge is -2.09. The lowest BCUT2D eigenvalue weighted by atomic mass is 10.1. The number of halogens is 1. The number of nitrogens with one attached hydrogen (secondary N) is 1. The van der Waals surface area contributed by atoms with E-state index < -0.39 is 5.97 Å². The van der Waals surface area contributed by atoms with Gasteiger partial charge in [-0.2, -0.15) is 0 Å². The molecule has 23 heavy (non-hydrogen) atoms. The van der Waals surface area contributed by atoms with Crippen molar-refractivity contribution in [3.63, 3.8) is 0 Å². The van der Waals surface area contributed by atoms with Crippen molar-refractivity contribution in [1.29, 1.82) is 0 Å². The number of hydrogen-bond donors (Lipinski definition) is 2. The third-order valence-corrected chi connectivity index (χ3v) is 3.19. The first-order valence-corrected chi connectivity index (χ1v) is 6.98. The van der Waals surface area contributed by atoms with Crippen LogP contribution in [0, 0.1) is 12.7 Å². The topological polar surface area (TPSA) is 75.6 Å². The van der Waals surface area contributed by atoms with E-state index in [1.165, 1.54) is 30.3 Å². The van der Waals surface area contributed by atoms with Crippen LogP contribution in [-0.2, 0) is 0 Å². The summed E-state index contributed by atoms with van der Waals surface area (Å²) in [5.41, 5.74) is 1.15. The summed E-state index contributed by atoms with van der Waals surface area (Å²) in [5, 5.41) is 11.5. The number of aryl methyl sites for hydroxylation is 1. The third-order valence-electron chi connectivity index (χ3n) is 3.19. The predicted molar refractivity (Wildman–Crippen MR) is 82.4 cm³/mol. The van der Waals surface area contributed by atoms with Crippen LogP contribution < -0.4 is 10.1 Å². The number of aromatic carboxylic acids is 1. The molecule has 2 aromatic rings. The van der Waals surface area contributed by atoms with E-state index in [4.69, 9.17) is 9.84 Å². The van der Waals surface area contributed by atoms with Crippen LogP contribution in [0.4, 0.5) is 4.39 Å². The molecule has 0 saturated heterocycles. The fraction of sp³-hybridized carbons (Fsp3) is 0.176. The minimum Gasteiger partial charge on any atom is -0.492 e. The highest BCUT2D eigenvalue weighted by Crippen LogP contribution is 2.12. The van der Waals surface area contributed by atoms with Crippen LogP contribution in [0.3, 0.4) is 0 Å². The fourth-order valence-electron chi connectivity index (χ4n) is 2.00. The van der Waals surface area contributed by atoms with E-state index in [1.54, 1.807) is 19.1 Å². The normalized spacial score (nSPS) is 10.2. The van der Waals surface area contributed by atoms with Crippen molar-refractivity contribution < 1.29 is 23.8 Å². The minimum absolute atomic E-state index is 0.178. The molecule has 2 rings (SSSR count). The van der Waals surface area contributed by atoms with Crippen LogP contribution in [0.2, 0.25) is 0 Å². The second-order valence-electron chi connectivity index (χ2n) is 4.89. The average Bonchev–Trinajstić information content (AvgIpc) is 2.51. The first kappa shape index (κ1) is 16.5. The second kappa shape index (κ2) is 7.40. The maximum atomic E-state index is 13.0. The van der Waals surface area contributed by atoms with Crippen molar-refractivity contribution in [1.82, 2.24) is 5.32 Å². The van der Waals surface area contributed by atoms with Crippen molar-refractivity contribution in [2.45, 2.75) is 6.92 Å². The Morgan fingerprint density at radius 2 is 1.87 bits per heavy atom. The number of amides is 1. The third kappa shape index (κ3) is 4.54. The quantitative estimate of drug-likeness (QED) is 0.803. The van der Waals surface area contributed by atoms with Crippen molar-refractivity contribution in [2.75, 3.05) is 13.2 Å². The highest BCUT2D eigenvalue weighted by Gasteiger charge is 2.09. The zero-order valence-electron chi connectivity index (χ0n) is 12.5. The summed E-state index contributed by atoms with van der Waals surface area (Å²) in [6.07, 6.45) is 0. The van der Waals surface area contributed by atoms with Crippen molar-refractivity contribution in [2.24, 2.45) is 0 Å². The molecule has 0 radical (unpaired) electrons. The molecule has 5 nitrogen and oxygen atoms in total. The lowest BCUT2D eigenvalue weighted by molar-refractivity contribution is 0.0696. The van der Waals surface area contributed by atoms with Gasteiger partial charge in [-0.1, -0.05) is 0 Å². The number of carboxylic acids is 1. The summed E-state index contributed by atoms with van der Waals surface area (Å²) >= 11 is 0. The summed E-state index contributed by atoms with van der Waals surface area (Å²) in [6.45, 7) is 2.17. The summed E-state index contributed by atoms with van der Waals surface area (Å²) in [4.78, 5) is 22.7. The Hall–Kier alpha value is -2.89. The van der Waals surface area contributed by atoms with Crippen molar-refractivity contribution >= 4 is 11.9 Å². The van der Waals surface area contributed by atoms with Crippen LogP contribution in [0.15, 0.2) is 42.5 Å². The number of carbonyl (C=O) groups excluding carboxylic acids is 1. The Kier molecular flexibility index (Phi) is 5.30.